The van der Waals surface area contributed by atoms with Crippen LogP contribution in [0.25, 0.3) is 0 Å². The summed E-state index contributed by atoms with van der Waals surface area (Å²) < 4.78 is 0. The number of hydrogen-bond donors (Lipinski definition) is 1. The Hall–Kier alpha value is -0.570. The predicted molar refractivity (Wildman–Crippen MR) is 45.6 cm³/mol. The maximum absolute atomic E-state index is 6.00. The summed E-state index contributed by atoms with van der Waals surface area (Å²) in [5.74, 6) is 1.86. The van der Waals surface area contributed by atoms with E-state index in [-0.39, 0.29) is 6.04 Å². The lowest BCUT2D eigenvalue weighted by Crippen LogP contribution is -2.40. The molecule has 3 nitrogen and oxygen atoms in total. The smallest absolute Gasteiger partial charge is 0.116 e. The summed E-state index contributed by atoms with van der Waals surface area (Å²) in [6, 6.07) is 0.225. The molecule has 0 unspecified atom stereocenters. The Morgan fingerprint density at radius 3 is 2.82 bits per heavy atom. The minimum atomic E-state index is 0.225. The van der Waals surface area contributed by atoms with Crippen LogP contribution in [0.2, 0.25) is 0 Å². The van der Waals surface area contributed by atoms with E-state index in [1.807, 2.05) is 0 Å². The molecule has 0 saturated heterocycles. The molecule has 0 aromatic heterocycles. The van der Waals surface area contributed by atoms with E-state index in [1.54, 1.807) is 0 Å². The molecule has 3 heteroatoms. The first-order valence-electron chi connectivity index (χ1n) is 4.30. The topological polar surface area (TPSA) is 41.6 Å². The molecule has 0 amide bonds. The van der Waals surface area contributed by atoms with Crippen molar-refractivity contribution in [2.24, 2.45) is 16.6 Å². The van der Waals surface area contributed by atoms with E-state index in [1.165, 1.54) is 12.8 Å². The van der Waals surface area contributed by atoms with Gasteiger partial charge in [-0.1, -0.05) is 0 Å². The van der Waals surface area contributed by atoms with Gasteiger partial charge in [0.15, 0.2) is 0 Å². The van der Waals surface area contributed by atoms with Gasteiger partial charge in [0.1, 0.15) is 5.84 Å². The molecule has 0 aromatic rings. The molecular weight excluding hydrogens is 138 g/mol. The highest BCUT2D eigenvalue weighted by molar-refractivity contribution is 5.89. The second kappa shape index (κ2) is 2.48. The van der Waals surface area contributed by atoms with Gasteiger partial charge in [0.05, 0.1) is 12.6 Å². The summed E-state index contributed by atoms with van der Waals surface area (Å²) in [4.78, 5) is 6.58. The van der Waals surface area contributed by atoms with Crippen molar-refractivity contribution in [3.63, 3.8) is 0 Å². The molecule has 11 heavy (non-hydrogen) atoms. The Bertz CT molecular complexity index is 184. The molecule has 62 valence electrons. The first-order valence-corrected chi connectivity index (χ1v) is 4.30. The van der Waals surface area contributed by atoms with Gasteiger partial charge in [-0.3, -0.25) is 4.99 Å². The van der Waals surface area contributed by atoms with Gasteiger partial charge in [-0.2, -0.15) is 0 Å². The number of nitrogens with two attached hydrogens (primary N) is 1. The quantitative estimate of drug-likeness (QED) is 0.610. The largest absolute Gasteiger partial charge is 0.360 e. The summed E-state index contributed by atoms with van der Waals surface area (Å²) in [6.07, 6.45) is 2.60. The molecule has 0 spiro atoms. The SMILES string of the molecule is CN1CCN=C1[C@@H](N)C1CC1. The molecule has 1 aliphatic heterocycles. The fraction of sp³-hybridized carbons (Fsp3) is 0.875. The summed E-state index contributed by atoms with van der Waals surface area (Å²) in [5, 5.41) is 0. The zero-order valence-electron chi connectivity index (χ0n) is 6.95. The third kappa shape index (κ3) is 1.25. The van der Waals surface area contributed by atoms with Crippen LogP contribution in [0.1, 0.15) is 12.8 Å². The van der Waals surface area contributed by atoms with Crippen molar-refractivity contribution in [1.29, 1.82) is 0 Å². The summed E-state index contributed by atoms with van der Waals surface area (Å²) in [5.41, 5.74) is 6.00. The molecule has 1 fully saturated rings. The Balaban J connectivity index is 2.01. The lowest BCUT2D eigenvalue weighted by atomic mass is 10.2. The number of likely N-dealkylation sites (N-methyl/N-ethyl adjacent to an activating group) is 1. The maximum atomic E-state index is 6.00. The van der Waals surface area contributed by atoms with Crippen LogP contribution < -0.4 is 5.73 Å². The number of nitrogens with zero attached hydrogens (tertiary/aromatic N) is 2. The second-order valence-corrected chi connectivity index (χ2v) is 3.52. The normalized spacial score (nSPS) is 27.1. The third-order valence-corrected chi connectivity index (χ3v) is 2.53. The summed E-state index contributed by atoms with van der Waals surface area (Å²) >= 11 is 0. The van der Waals surface area contributed by atoms with Crippen molar-refractivity contribution in [3.8, 4) is 0 Å². The first-order chi connectivity index (χ1) is 5.29. The van der Waals surface area contributed by atoms with Crippen molar-refractivity contribution in [1.82, 2.24) is 4.90 Å². The Morgan fingerprint density at radius 2 is 2.36 bits per heavy atom. The third-order valence-electron chi connectivity index (χ3n) is 2.53. The standard InChI is InChI=1S/C8H15N3/c1-11-5-4-10-8(11)7(9)6-2-3-6/h6-7H,2-5,9H2,1H3/t7-/m0/s1. The molecule has 1 heterocycles. The van der Waals surface area contributed by atoms with Gasteiger partial charge < -0.3 is 10.6 Å². The van der Waals surface area contributed by atoms with Crippen LogP contribution in [0.15, 0.2) is 4.99 Å². The fourth-order valence-electron chi connectivity index (χ4n) is 1.58. The Morgan fingerprint density at radius 1 is 1.64 bits per heavy atom. The molecule has 0 aromatic carbocycles. The highest BCUT2D eigenvalue weighted by Crippen LogP contribution is 2.32. The van der Waals surface area contributed by atoms with Crippen LogP contribution in [0.4, 0.5) is 0 Å². The van der Waals surface area contributed by atoms with Gasteiger partial charge in [-0.25, -0.2) is 0 Å². The van der Waals surface area contributed by atoms with E-state index in [4.69, 9.17) is 5.73 Å². The predicted octanol–water partition coefficient (Wildman–Crippen LogP) is 0.0676. The highest BCUT2D eigenvalue weighted by Gasteiger charge is 2.34. The molecule has 0 radical (unpaired) electrons. The zero-order chi connectivity index (χ0) is 7.84. The van der Waals surface area contributed by atoms with Crippen LogP contribution in [-0.4, -0.2) is 36.9 Å². The molecule has 0 bridgehead atoms. The van der Waals surface area contributed by atoms with Crippen LogP contribution in [0.5, 0.6) is 0 Å². The molecule has 2 rings (SSSR count). The van der Waals surface area contributed by atoms with Crippen molar-refractivity contribution in [2.75, 3.05) is 20.1 Å². The molecule has 2 aliphatic rings. The zero-order valence-corrected chi connectivity index (χ0v) is 6.95. The first kappa shape index (κ1) is 7.10. The molecule has 1 atom stereocenters. The summed E-state index contributed by atoms with van der Waals surface area (Å²) in [7, 11) is 2.08. The number of aliphatic imine (C=N–C) groups is 1. The van der Waals surface area contributed by atoms with E-state index < -0.39 is 0 Å². The lowest BCUT2D eigenvalue weighted by molar-refractivity contribution is 0.524. The van der Waals surface area contributed by atoms with E-state index in [9.17, 15) is 0 Å². The number of amidine groups is 1. The fourth-order valence-corrected chi connectivity index (χ4v) is 1.58. The Kier molecular flexibility index (Phi) is 1.60. The molecule has 2 N–H and O–H groups in total. The lowest BCUT2D eigenvalue weighted by Gasteiger charge is -2.19. The summed E-state index contributed by atoms with van der Waals surface area (Å²) in [6.45, 7) is 1.99. The van der Waals surface area contributed by atoms with E-state index in [0.29, 0.717) is 0 Å². The van der Waals surface area contributed by atoms with Crippen molar-refractivity contribution in [3.05, 3.63) is 0 Å². The van der Waals surface area contributed by atoms with Gasteiger partial charge in [0, 0.05) is 13.6 Å². The number of rotatable bonds is 2. The van der Waals surface area contributed by atoms with Crippen LogP contribution in [-0.2, 0) is 0 Å². The van der Waals surface area contributed by atoms with Crippen molar-refractivity contribution < 1.29 is 0 Å². The second-order valence-electron chi connectivity index (χ2n) is 3.52. The van der Waals surface area contributed by atoms with Gasteiger partial charge in [-0.05, 0) is 18.8 Å². The van der Waals surface area contributed by atoms with E-state index in [2.05, 4.69) is 16.9 Å². The highest BCUT2D eigenvalue weighted by atomic mass is 15.2. The molecule has 1 aliphatic carbocycles. The van der Waals surface area contributed by atoms with Gasteiger partial charge in [0.25, 0.3) is 0 Å². The van der Waals surface area contributed by atoms with Gasteiger partial charge in [-0.15, -0.1) is 0 Å². The molecular formula is C8H15N3. The van der Waals surface area contributed by atoms with Crippen LogP contribution >= 0.6 is 0 Å². The average Bonchev–Trinajstić information content (AvgIpc) is 2.74. The van der Waals surface area contributed by atoms with E-state index in [0.717, 1.165) is 24.8 Å². The minimum Gasteiger partial charge on any atom is -0.360 e. The number of hydrogen-bond acceptors (Lipinski definition) is 3. The van der Waals surface area contributed by atoms with Gasteiger partial charge >= 0.3 is 0 Å². The van der Waals surface area contributed by atoms with Gasteiger partial charge in [0.2, 0.25) is 0 Å². The van der Waals surface area contributed by atoms with Crippen LogP contribution in [0, 0.1) is 5.92 Å². The van der Waals surface area contributed by atoms with Crippen molar-refractivity contribution >= 4 is 5.84 Å². The average molecular weight is 153 g/mol. The molecule has 1 saturated carbocycles. The van der Waals surface area contributed by atoms with E-state index >= 15 is 0 Å². The van der Waals surface area contributed by atoms with Crippen LogP contribution in [0.3, 0.4) is 0 Å². The minimum absolute atomic E-state index is 0.225. The monoisotopic (exact) mass is 153 g/mol. The Labute approximate surface area is 67.3 Å². The maximum Gasteiger partial charge on any atom is 0.116 e. The van der Waals surface area contributed by atoms with Crippen molar-refractivity contribution in [2.45, 2.75) is 18.9 Å².